The molecule has 0 aliphatic heterocycles. The Labute approximate surface area is 142 Å². The lowest BCUT2D eigenvalue weighted by Crippen LogP contribution is -2.36. The van der Waals surface area contributed by atoms with Gasteiger partial charge in [0.05, 0.1) is 12.6 Å². The van der Waals surface area contributed by atoms with Gasteiger partial charge in [-0.3, -0.25) is 0 Å². The summed E-state index contributed by atoms with van der Waals surface area (Å²) in [6.45, 7) is 3.33. The Bertz CT molecular complexity index is 617. The maximum Gasteiger partial charge on any atom is 0.315 e. The monoisotopic (exact) mass is 329 g/mol. The van der Waals surface area contributed by atoms with Crippen molar-refractivity contribution in [3.05, 3.63) is 59.8 Å². The maximum atomic E-state index is 12.0. The van der Waals surface area contributed by atoms with E-state index in [1.807, 2.05) is 43.3 Å². The van der Waals surface area contributed by atoms with Crippen LogP contribution in [0.25, 0.3) is 0 Å². The first kappa shape index (κ1) is 17.7. The van der Waals surface area contributed by atoms with Crippen molar-refractivity contribution < 1.29 is 14.3 Å². The molecule has 1 aromatic carbocycles. The number of ether oxygens (including phenoxy) is 2. The summed E-state index contributed by atoms with van der Waals surface area (Å²) < 4.78 is 10.3. The summed E-state index contributed by atoms with van der Waals surface area (Å²) in [5, 5.41) is 5.72. The highest BCUT2D eigenvalue weighted by Gasteiger charge is 2.08. The standard InChI is InChI=1S/C18H23N3O3/c1-14(16-6-4-3-5-7-16)21-18(22)20-13-15-8-9-17(19-12-15)24-11-10-23-2/h3-9,12,14H,10-11,13H2,1-2H3,(H2,20,21,22). The fourth-order valence-corrected chi connectivity index (χ4v) is 2.09. The molecule has 0 saturated heterocycles. The zero-order valence-corrected chi connectivity index (χ0v) is 14.0. The first-order valence-electron chi connectivity index (χ1n) is 7.85. The average Bonchev–Trinajstić information content (AvgIpc) is 2.62. The molecule has 0 fully saturated rings. The first-order chi connectivity index (χ1) is 11.7. The van der Waals surface area contributed by atoms with Crippen molar-refractivity contribution in [1.82, 2.24) is 15.6 Å². The van der Waals surface area contributed by atoms with E-state index in [4.69, 9.17) is 9.47 Å². The fraction of sp³-hybridized carbons (Fsp3) is 0.333. The lowest BCUT2D eigenvalue weighted by Gasteiger charge is -2.15. The van der Waals surface area contributed by atoms with Crippen molar-refractivity contribution in [2.75, 3.05) is 20.3 Å². The van der Waals surface area contributed by atoms with E-state index in [2.05, 4.69) is 15.6 Å². The van der Waals surface area contributed by atoms with Crippen LogP contribution in [0.1, 0.15) is 24.1 Å². The van der Waals surface area contributed by atoms with Gasteiger partial charge in [-0.2, -0.15) is 0 Å². The number of hydrogen-bond acceptors (Lipinski definition) is 4. The number of carbonyl (C=O) groups is 1. The van der Waals surface area contributed by atoms with Crippen molar-refractivity contribution in [2.24, 2.45) is 0 Å². The van der Waals surface area contributed by atoms with Crippen LogP contribution in [0.2, 0.25) is 0 Å². The molecule has 6 heteroatoms. The highest BCUT2D eigenvalue weighted by atomic mass is 16.5. The van der Waals surface area contributed by atoms with E-state index in [0.717, 1.165) is 11.1 Å². The number of benzene rings is 1. The number of rotatable bonds is 8. The molecule has 128 valence electrons. The Morgan fingerprint density at radius 1 is 1.17 bits per heavy atom. The van der Waals surface area contributed by atoms with E-state index in [0.29, 0.717) is 25.6 Å². The molecule has 0 spiro atoms. The lowest BCUT2D eigenvalue weighted by molar-refractivity contribution is 0.143. The second-order valence-electron chi connectivity index (χ2n) is 5.31. The molecular formula is C18H23N3O3. The molecule has 1 aromatic heterocycles. The number of pyridine rings is 1. The number of carbonyl (C=O) groups excluding carboxylic acids is 1. The summed E-state index contributed by atoms with van der Waals surface area (Å²) in [5.74, 6) is 0.540. The Hall–Kier alpha value is -2.60. The second-order valence-corrected chi connectivity index (χ2v) is 5.31. The van der Waals surface area contributed by atoms with Gasteiger partial charge in [-0.05, 0) is 18.1 Å². The second kappa shape index (κ2) is 9.52. The number of urea groups is 1. The van der Waals surface area contributed by atoms with Gasteiger partial charge in [0.2, 0.25) is 5.88 Å². The highest BCUT2D eigenvalue weighted by molar-refractivity contribution is 5.74. The topological polar surface area (TPSA) is 72.5 Å². The van der Waals surface area contributed by atoms with Crippen molar-refractivity contribution in [1.29, 1.82) is 0 Å². The van der Waals surface area contributed by atoms with Crippen LogP contribution in [-0.2, 0) is 11.3 Å². The summed E-state index contributed by atoms with van der Waals surface area (Å²) in [6, 6.07) is 13.2. The Morgan fingerprint density at radius 2 is 1.96 bits per heavy atom. The summed E-state index contributed by atoms with van der Waals surface area (Å²) in [7, 11) is 1.62. The molecule has 1 atom stereocenters. The summed E-state index contributed by atoms with van der Waals surface area (Å²) >= 11 is 0. The van der Waals surface area contributed by atoms with E-state index < -0.39 is 0 Å². The minimum absolute atomic E-state index is 0.0547. The van der Waals surface area contributed by atoms with E-state index in [9.17, 15) is 4.79 Å². The van der Waals surface area contributed by atoms with Crippen LogP contribution in [0.15, 0.2) is 48.7 Å². The minimum Gasteiger partial charge on any atom is -0.475 e. The normalized spacial score (nSPS) is 11.6. The quantitative estimate of drug-likeness (QED) is 0.730. The molecule has 6 nitrogen and oxygen atoms in total. The number of methoxy groups -OCH3 is 1. The van der Waals surface area contributed by atoms with Gasteiger partial charge in [0, 0.05) is 25.9 Å². The highest BCUT2D eigenvalue weighted by Crippen LogP contribution is 2.11. The zero-order valence-electron chi connectivity index (χ0n) is 14.0. The Balaban J connectivity index is 1.75. The SMILES string of the molecule is COCCOc1ccc(CNC(=O)NC(C)c2ccccc2)cn1. The van der Waals surface area contributed by atoms with Gasteiger partial charge in [-0.1, -0.05) is 36.4 Å². The zero-order chi connectivity index (χ0) is 17.2. The van der Waals surface area contributed by atoms with Crippen LogP contribution in [0.5, 0.6) is 5.88 Å². The van der Waals surface area contributed by atoms with Crippen LogP contribution < -0.4 is 15.4 Å². The summed E-state index contributed by atoms with van der Waals surface area (Å²) in [6.07, 6.45) is 1.68. The summed E-state index contributed by atoms with van der Waals surface area (Å²) in [5.41, 5.74) is 1.96. The van der Waals surface area contributed by atoms with Gasteiger partial charge in [0.25, 0.3) is 0 Å². The Morgan fingerprint density at radius 3 is 2.62 bits per heavy atom. The average molecular weight is 329 g/mol. The molecule has 1 heterocycles. The van der Waals surface area contributed by atoms with Gasteiger partial charge in [0.1, 0.15) is 6.61 Å². The van der Waals surface area contributed by atoms with E-state index in [-0.39, 0.29) is 12.1 Å². The molecule has 24 heavy (non-hydrogen) atoms. The molecule has 0 aliphatic carbocycles. The largest absolute Gasteiger partial charge is 0.475 e. The predicted molar refractivity (Wildman–Crippen MR) is 91.8 cm³/mol. The minimum atomic E-state index is -0.216. The Kier molecular flexibility index (Phi) is 7.04. The van der Waals surface area contributed by atoms with Crippen molar-refractivity contribution in [2.45, 2.75) is 19.5 Å². The molecule has 0 radical (unpaired) electrons. The van der Waals surface area contributed by atoms with Gasteiger partial charge in [-0.25, -0.2) is 9.78 Å². The van der Waals surface area contributed by atoms with Gasteiger partial charge < -0.3 is 20.1 Å². The smallest absolute Gasteiger partial charge is 0.315 e. The third kappa shape index (κ3) is 5.89. The number of aromatic nitrogens is 1. The molecule has 0 saturated carbocycles. The maximum absolute atomic E-state index is 12.0. The predicted octanol–water partition coefficient (Wildman–Crippen LogP) is 2.67. The van der Waals surface area contributed by atoms with E-state index in [1.165, 1.54) is 0 Å². The number of nitrogens with zero attached hydrogens (tertiary/aromatic N) is 1. The molecule has 0 bridgehead atoms. The van der Waals surface area contributed by atoms with Crippen LogP contribution in [-0.4, -0.2) is 31.3 Å². The number of nitrogens with one attached hydrogen (secondary N) is 2. The lowest BCUT2D eigenvalue weighted by atomic mass is 10.1. The van der Waals surface area contributed by atoms with Crippen molar-refractivity contribution >= 4 is 6.03 Å². The van der Waals surface area contributed by atoms with Crippen LogP contribution in [0.3, 0.4) is 0 Å². The van der Waals surface area contributed by atoms with Crippen molar-refractivity contribution in [3.63, 3.8) is 0 Å². The third-order valence-electron chi connectivity index (χ3n) is 3.44. The van der Waals surface area contributed by atoms with Gasteiger partial charge >= 0.3 is 6.03 Å². The van der Waals surface area contributed by atoms with Crippen LogP contribution in [0.4, 0.5) is 4.79 Å². The third-order valence-corrected chi connectivity index (χ3v) is 3.44. The van der Waals surface area contributed by atoms with E-state index >= 15 is 0 Å². The summed E-state index contributed by atoms with van der Waals surface area (Å²) in [4.78, 5) is 16.1. The van der Waals surface area contributed by atoms with E-state index in [1.54, 1.807) is 19.4 Å². The molecule has 0 aliphatic rings. The molecule has 2 rings (SSSR count). The van der Waals surface area contributed by atoms with Crippen LogP contribution >= 0.6 is 0 Å². The molecule has 2 amide bonds. The fourth-order valence-electron chi connectivity index (χ4n) is 2.09. The molecule has 2 aromatic rings. The van der Waals surface area contributed by atoms with Gasteiger partial charge in [0.15, 0.2) is 0 Å². The number of amides is 2. The van der Waals surface area contributed by atoms with Gasteiger partial charge in [-0.15, -0.1) is 0 Å². The van der Waals surface area contributed by atoms with Crippen molar-refractivity contribution in [3.8, 4) is 5.88 Å². The first-order valence-corrected chi connectivity index (χ1v) is 7.85. The molecule has 1 unspecified atom stereocenters. The molecular weight excluding hydrogens is 306 g/mol. The number of hydrogen-bond donors (Lipinski definition) is 2. The molecule has 2 N–H and O–H groups in total. The van der Waals surface area contributed by atoms with Crippen LogP contribution in [0, 0.1) is 0 Å².